The van der Waals surface area contributed by atoms with Crippen molar-refractivity contribution in [1.29, 1.82) is 0 Å². The number of carbonyl (C=O) groups excluding carboxylic acids is 4. The molecular formula is C32H46N4O8. The van der Waals surface area contributed by atoms with Crippen LogP contribution in [-0.4, -0.2) is 87.6 Å². The SMILES string of the molecule is CCOC(CN(Cc1ccccc1)C(=O)[C@H](COCc1ccccc1)NC(=O)CNC(=O)[C@@H](NC(=O)OC)C(C)(C)C)OC. The number of ether oxygens (including phenoxy) is 4. The maximum Gasteiger partial charge on any atom is 0.407 e. The van der Waals surface area contributed by atoms with E-state index < -0.39 is 54.1 Å². The Balaban J connectivity index is 2.22. The van der Waals surface area contributed by atoms with E-state index in [-0.39, 0.29) is 26.3 Å². The number of nitrogens with zero attached hydrogens (tertiary/aromatic N) is 1. The molecule has 44 heavy (non-hydrogen) atoms. The fourth-order valence-electron chi connectivity index (χ4n) is 4.23. The molecular weight excluding hydrogens is 568 g/mol. The van der Waals surface area contributed by atoms with Gasteiger partial charge in [-0.25, -0.2) is 4.79 Å². The van der Waals surface area contributed by atoms with E-state index >= 15 is 0 Å². The topological polar surface area (TPSA) is 145 Å². The average Bonchev–Trinajstić information content (AvgIpc) is 3.01. The van der Waals surface area contributed by atoms with Crippen molar-refractivity contribution < 1.29 is 38.1 Å². The van der Waals surface area contributed by atoms with Crippen molar-refractivity contribution in [2.24, 2.45) is 5.41 Å². The van der Waals surface area contributed by atoms with Crippen LogP contribution in [0.25, 0.3) is 0 Å². The van der Waals surface area contributed by atoms with Gasteiger partial charge >= 0.3 is 6.09 Å². The van der Waals surface area contributed by atoms with Gasteiger partial charge in [0.05, 0.1) is 33.4 Å². The van der Waals surface area contributed by atoms with Crippen molar-refractivity contribution in [2.45, 2.75) is 59.2 Å². The molecule has 0 saturated heterocycles. The second-order valence-corrected chi connectivity index (χ2v) is 11.1. The molecule has 0 saturated carbocycles. The second-order valence-electron chi connectivity index (χ2n) is 11.1. The van der Waals surface area contributed by atoms with Crippen molar-refractivity contribution >= 4 is 23.8 Å². The molecule has 0 aliphatic carbocycles. The Morgan fingerprint density at radius 2 is 1.50 bits per heavy atom. The molecule has 2 rings (SSSR count). The molecule has 2 aromatic carbocycles. The minimum atomic E-state index is -1.09. The number of amides is 4. The molecule has 12 heteroatoms. The van der Waals surface area contributed by atoms with Gasteiger partial charge in [0.2, 0.25) is 17.7 Å². The van der Waals surface area contributed by atoms with E-state index in [0.717, 1.165) is 11.1 Å². The fraction of sp³-hybridized carbons (Fsp3) is 0.500. The number of carbonyl (C=O) groups is 4. The lowest BCUT2D eigenvalue weighted by molar-refractivity contribution is -0.155. The van der Waals surface area contributed by atoms with Crippen LogP contribution in [0.4, 0.5) is 4.79 Å². The summed E-state index contributed by atoms with van der Waals surface area (Å²) in [4.78, 5) is 53.4. The first-order chi connectivity index (χ1) is 21.0. The molecule has 2 aromatic rings. The van der Waals surface area contributed by atoms with Gasteiger partial charge in [-0.1, -0.05) is 81.4 Å². The molecule has 0 heterocycles. The zero-order valence-corrected chi connectivity index (χ0v) is 26.5. The summed E-state index contributed by atoms with van der Waals surface area (Å²) in [6.07, 6.45) is -1.46. The van der Waals surface area contributed by atoms with Gasteiger partial charge in [-0.3, -0.25) is 14.4 Å². The van der Waals surface area contributed by atoms with Crippen molar-refractivity contribution in [1.82, 2.24) is 20.9 Å². The van der Waals surface area contributed by atoms with E-state index in [1.54, 1.807) is 25.7 Å². The lowest BCUT2D eigenvalue weighted by Gasteiger charge is -2.31. The highest BCUT2D eigenvalue weighted by molar-refractivity contribution is 5.92. The van der Waals surface area contributed by atoms with Crippen molar-refractivity contribution in [3.8, 4) is 0 Å². The van der Waals surface area contributed by atoms with E-state index in [0.29, 0.717) is 6.61 Å². The highest BCUT2D eigenvalue weighted by atomic mass is 16.7. The zero-order chi connectivity index (χ0) is 32.5. The third kappa shape index (κ3) is 12.7. The Kier molecular flexibility index (Phi) is 15.3. The van der Waals surface area contributed by atoms with Crippen molar-refractivity contribution in [3.63, 3.8) is 0 Å². The predicted octanol–water partition coefficient (Wildman–Crippen LogP) is 2.61. The summed E-state index contributed by atoms with van der Waals surface area (Å²) in [5.74, 6) is -1.60. The molecule has 4 amide bonds. The number of hydrogen-bond acceptors (Lipinski definition) is 8. The van der Waals surface area contributed by atoms with Crippen LogP contribution in [0.3, 0.4) is 0 Å². The minimum absolute atomic E-state index is 0.103. The number of alkyl carbamates (subject to hydrolysis) is 1. The third-order valence-corrected chi connectivity index (χ3v) is 6.54. The van der Waals surface area contributed by atoms with E-state index in [1.807, 2.05) is 67.6 Å². The molecule has 3 N–H and O–H groups in total. The Bertz CT molecular complexity index is 1170. The Labute approximate surface area is 259 Å². The average molecular weight is 615 g/mol. The highest BCUT2D eigenvalue weighted by Gasteiger charge is 2.34. The summed E-state index contributed by atoms with van der Waals surface area (Å²) >= 11 is 0. The quantitative estimate of drug-likeness (QED) is 0.231. The summed E-state index contributed by atoms with van der Waals surface area (Å²) in [5, 5.41) is 7.75. The lowest BCUT2D eigenvalue weighted by Crippen LogP contribution is -2.56. The van der Waals surface area contributed by atoms with E-state index in [9.17, 15) is 19.2 Å². The number of methoxy groups -OCH3 is 2. The number of nitrogens with one attached hydrogen (secondary N) is 3. The van der Waals surface area contributed by atoms with Gasteiger partial charge in [-0.05, 0) is 23.5 Å². The summed E-state index contributed by atoms with van der Waals surface area (Å²) in [6, 6.07) is 16.8. The summed E-state index contributed by atoms with van der Waals surface area (Å²) in [5.41, 5.74) is 1.11. The molecule has 0 aromatic heterocycles. The first kappa shape index (κ1) is 36.2. The van der Waals surface area contributed by atoms with Gasteiger partial charge in [0.15, 0.2) is 6.29 Å². The Morgan fingerprint density at radius 1 is 0.886 bits per heavy atom. The first-order valence-electron chi connectivity index (χ1n) is 14.5. The second kappa shape index (κ2) is 18.6. The monoisotopic (exact) mass is 614 g/mol. The predicted molar refractivity (Wildman–Crippen MR) is 164 cm³/mol. The largest absolute Gasteiger partial charge is 0.453 e. The van der Waals surface area contributed by atoms with Gasteiger partial charge in [0, 0.05) is 20.3 Å². The van der Waals surface area contributed by atoms with Gasteiger partial charge in [0.25, 0.3) is 0 Å². The van der Waals surface area contributed by atoms with Crippen LogP contribution in [0.1, 0.15) is 38.8 Å². The molecule has 0 spiro atoms. The lowest BCUT2D eigenvalue weighted by atomic mass is 9.86. The van der Waals surface area contributed by atoms with Gasteiger partial charge in [0.1, 0.15) is 12.1 Å². The highest BCUT2D eigenvalue weighted by Crippen LogP contribution is 2.19. The normalized spacial score (nSPS) is 13.2. The number of benzene rings is 2. The zero-order valence-electron chi connectivity index (χ0n) is 26.5. The van der Waals surface area contributed by atoms with Crippen molar-refractivity contribution in [2.75, 3.05) is 40.5 Å². The maximum atomic E-state index is 14.0. The van der Waals surface area contributed by atoms with E-state index in [1.165, 1.54) is 14.2 Å². The van der Waals surface area contributed by atoms with Crippen LogP contribution in [0, 0.1) is 5.41 Å². The van der Waals surface area contributed by atoms with Gasteiger partial charge in [-0.2, -0.15) is 0 Å². The molecule has 0 aliphatic rings. The molecule has 1 unspecified atom stereocenters. The van der Waals surface area contributed by atoms with Crippen molar-refractivity contribution in [3.05, 3.63) is 71.8 Å². The standard InChI is InChI=1S/C32H46N4O8/c1-7-44-27(41-5)20-36(19-23-14-10-8-11-15-23)30(39)25(22-43-21-24-16-12-9-13-17-24)34-26(37)18-33-29(38)28(32(2,3)4)35-31(40)42-6/h8-17,25,27-28H,7,18-22H2,1-6H3,(H,33,38)(H,34,37)(H,35,40)/t25-,27?,28+/m0/s1. The summed E-state index contributed by atoms with van der Waals surface area (Å²) in [7, 11) is 2.69. The summed E-state index contributed by atoms with van der Waals surface area (Å²) in [6.45, 7) is 7.51. The fourth-order valence-corrected chi connectivity index (χ4v) is 4.23. The molecule has 242 valence electrons. The smallest absolute Gasteiger partial charge is 0.407 e. The van der Waals surface area contributed by atoms with E-state index in [2.05, 4.69) is 20.7 Å². The molecule has 0 aliphatic heterocycles. The Morgan fingerprint density at radius 3 is 2.05 bits per heavy atom. The third-order valence-electron chi connectivity index (χ3n) is 6.54. The van der Waals surface area contributed by atoms with Gasteiger partial charge in [-0.15, -0.1) is 0 Å². The number of rotatable bonds is 17. The van der Waals surface area contributed by atoms with E-state index in [4.69, 9.17) is 14.2 Å². The molecule has 12 nitrogen and oxygen atoms in total. The number of hydrogen-bond donors (Lipinski definition) is 3. The van der Waals surface area contributed by atoms with Crippen LogP contribution in [0.5, 0.6) is 0 Å². The molecule has 3 atom stereocenters. The molecule has 0 fully saturated rings. The molecule has 0 radical (unpaired) electrons. The van der Waals surface area contributed by atoms with Crippen LogP contribution in [0.15, 0.2) is 60.7 Å². The Hall–Kier alpha value is -4.00. The maximum absolute atomic E-state index is 14.0. The van der Waals surface area contributed by atoms with Crippen LogP contribution in [0.2, 0.25) is 0 Å². The van der Waals surface area contributed by atoms with Crippen LogP contribution >= 0.6 is 0 Å². The minimum Gasteiger partial charge on any atom is -0.453 e. The van der Waals surface area contributed by atoms with Crippen LogP contribution < -0.4 is 16.0 Å². The molecule has 0 bridgehead atoms. The van der Waals surface area contributed by atoms with Gasteiger partial charge < -0.3 is 39.8 Å². The summed E-state index contributed by atoms with van der Waals surface area (Å²) < 4.78 is 21.6. The van der Waals surface area contributed by atoms with Crippen LogP contribution in [-0.2, 0) is 46.5 Å². The first-order valence-corrected chi connectivity index (χ1v) is 14.5.